The minimum atomic E-state index is -0.430. The number of carbonyl (C=O) groups excluding carboxylic acids is 1. The number of ether oxygens (including phenoxy) is 4. The van der Waals surface area contributed by atoms with E-state index in [1.54, 1.807) is 39.3 Å². The van der Waals surface area contributed by atoms with Crippen LogP contribution in [-0.4, -0.2) is 42.4 Å². The molecule has 4 rings (SSSR count). The first-order chi connectivity index (χ1) is 15.1. The fraction of sp³-hybridized carbons (Fsp3) is 0.286. The van der Waals surface area contributed by atoms with Crippen molar-refractivity contribution in [1.29, 1.82) is 0 Å². The van der Waals surface area contributed by atoms with E-state index in [0.29, 0.717) is 46.2 Å². The summed E-state index contributed by atoms with van der Waals surface area (Å²) >= 11 is 1.18. The molecule has 1 N–H and O–H groups in total. The summed E-state index contributed by atoms with van der Waals surface area (Å²) in [5.41, 5.74) is 1.56. The highest BCUT2D eigenvalue weighted by Crippen LogP contribution is 2.35. The van der Waals surface area contributed by atoms with Crippen molar-refractivity contribution < 1.29 is 28.2 Å². The van der Waals surface area contributed by atoms with Crippen molar-refractivity contribution in [1.82, 2.24) is 15.5 Å². The number of hydrogen-bond acceptors (Lipinski definition) is 9. The normalized spacial score (nSPS) is 13.0. The molecule has 0 unspecified atom stereocenters. The summed E-state index contributed by atoms with van der Waals surface area (Å²) < 4.78 is 27.0. The van der Waals surface area contributed by atoms with Gasteiger partial charge in [0, 0.05) is 12.6 Å². The van der Waals surface area contributed by atoms with Crippen molar-refractivity contribution in [2.75, 3.05) is 21.0 Å². The third kappa shape index (κ3) is 4.69. The lowest BCUT2D eigenvalue weighted by Crippen LogP contribution is -2.30. The molecule has 9 nitrogen and oxygen atoms in total. The smallest absolute Gasteiger partial charge is 0.277 e. The summed E-state index contributed by atoms with van der Waals surface area (Å²) in [7, 11) is 3.13. The van der Waals surface area contributed by atoms with Crippen molar-refractivity contribution in [2.24, 2.45) is 0 Å². The summed E-state index contributed by atoms with van der Waals surface area (Å²) in [6.45, 7) is 2.36. The largest absolute Gasteiger partial charge is 0.497 e. The molecule has 1 aliphatic heterocycles. The second kappa shape index (κ2) is 9.17. The lowest BCUT2D eigenvalue weighted by atomic mass is 10.2. The Morgan fingerprint density at radius 3 is 2.77 bits per heavy atom. The maximum Gasteiger partial charge on any atom is 0.277 e. The molecule has 31 heavy (non-hydrogen) atoms. The van der Waals surface area contributed by atoms with Gasteiger partial charge in [0.05, 0.1) is 25.0 Å². The van der Waals surface area contributed by atoms with E-state index < -0.39 is 5.25 Å². The molecule has 10 heteroatoms. The quantitative estimate of drug-likeness (QED) is 0.525. The number of methoxy groups -OCH3 is 2. The first-order valence-electron chi connectivity index (χ1n) is 9.46. The number of fused-ring (bicyclic) bond motifs is 1. The average Bonchev–Trinajstić information content (AvgIpc) is 3.45. The van der Waals surface area contributed by atoms with Gasteiger partial charge in [-0.3, -0.25) is 4.79 Å². The minimum absolute atomic E-state index is 0.149. The van der Waals surface area contributed by atoms with Crippen LogP contribution in [0.2, 0.25) is 0 Å². The van der Waals surface area contributed by atoms with E-state index in [2.05, 4.69) is 15.5 Å². The van der Waals surface area contributed by atoms with E-state index in [1.165, 1.54) is 11.8 Å². The van der Waals surface area contributed by atoms with Crippen LogP contribution < -0.4 is 24.3 Å². The number of carbonyl (C=O) groups is 1. The molecule has 0 saturated carbocycles. The highest BCUT2D eigenvalue weighted by molar-refractivity contribution is 8.00. The van der Waals surface area contributed by atoms with Gasteiger partial charge in [-0.25, -0.2) is 0 Å². The Morgan fingerprint density at radius 1 is 1.13 bits per heavy atom. The topological polar surface area (TPSA) is 105 Å². The monoisotopic (exact) mass is 443 g/mol. The van der Waals surface area contributed by atoms with Crippen LogP contribution in [0.25, 0.3) is 11.5 Å². The number of rotatable bonds is 8. The average molecular weight is 443 g/mol. The third-order valence-corrected chi connectivity index (χ3v) is 5.53. The predicted octanol–water partition coefficient (Wildman–Crippen LogP) is 3.28. The SMILES string of the molecule is COc1ccc(-c2nnc(S[C@@H](C)C(=O)NCc3ccc4c(c3)OCO4)o2)c(OC)c1. The van der Waals surface area contributed by atoms with Gasteiger partial charge in [-0.1, -0.05) is 17.8 Å². The van der Waals surface area contributed by atoms with Gasteiger partial charge in [-0.15, -0.1) is 10.2 Å². The van der Waals surface area contributed by atoms with Crippen LogP contribution in [0.5, 0.6) is 23.0 Å². The number of amides is 1. The molecule has 0 spiro atoms. The lowest BCUT2D eigenvalue weighted by Gasteiger charge is -2.10. The second-order valence-electron chi connectivity index (χ2n) is 6.60. The van der Waals surface area contributed by atoms with Crippen LogP contribution in [-0.2, 0) is 11.3 Å². The Hall–Kier alpha value is -3.40. The number of nitrogens with one attached hydrogen (secondary N) is 1. The van der Waals surface area contributed by atoms with Crippen LogP contribution in [0.4, 0.5) is 0 Å². The van der Waals surface area contributed by atoms with E-state index in [4.69, 9.17) is 23.4 Å². The molecule has 0 aliphatic carbocycles. The zero-order valence-electron chi connectivity index (χ0n) is 17.2. The van der Waals surface area contributed by atoms with Crippen molar-refractivity contribution >= 4 is 17.7 Å². The molecular formula is C21H21N3O6S. The van der Waals surface area contributed by atoms with Crippen molar-refractivity contribution in [2.45, 2.75) is 23.9 Å². The number of aromatic nitrogens is 2. The summed E-state index contributed by atoms with van der Waals surface area (Å²) in [6, 6.07) is 10.9. The third-order valence-electron chi connectivity index (χ3n) is 4.60. The van der Waals surface area contributed by atoms with Gasteiger partial charge >= 0.3 is 0 Å². The van der Waals surface area contributed by atoms with Crippen LogP contribution >= 0.6 is 11.8 Å². The van der Waals surface area contributed by atoms with Gasteiger partial charge in [-0.2, -0.15) is 0 Å². The molecule has 2 aromatic carbocycles. The molecule has 0 bridgehead atoms. The van der Waals surface area contributed by atoms with Gasteiger partial charge < -0.3 is 28.7 Å². The molecule has 1 amide bonds. The number of hydrogen-bond donors (Lipinski definition) is 1. The van der Waals surface area contributed by atoms with E-state index in [9.17, 15) is 4.79 Å². The number of nitrogens with zero attached hydrogens (tertiary/aromatic N) is 2. The Kier molecular flexibility index (Phi) is 6.17. The summed E-state index contributed by atoms with van der Waals surface area (Å²) in [4.78, 5) is 12.5. The van der Waals surface area contributed by atoms with Crippen LogP contribution in [0.1, 0.15) is 12.5 Å². The van der Waals surface area contributed by atoms with E-state index in [0.717, 1.165) is 5.56 Å². The van der Waals surface area contributed by atoms with Gasteiger partial charge in [0.2, 0.25) is 12.7 Å². The van der Waals surface area contributed by atoms with E-state index in [-0.39, 0.29) is 12.7 Å². The summed E-state index contributed by atoms with van der Waals surface area (Å²) in [5.74, 6) is 2.75. The number of thioether (sulfide) groups is 1. The standard InChI is InChI=1S/C21H21N3O6S/c1-12(19(25)22-10-13-4-7-16-18(8-13)29-11-28-16)31-21-24-23-20(30-21)15-6-5-14(26-2)9-17(15)27-3/h4-9,12H,10-11H2,1-3H3,(H,22,25)/t12-/m0/s1. The molecule has 2 heterocycles. The van der Waals surface area contributed by atoms with Gasteiger partial charge in [0.25, 0.3) is 11.1 Å². The van der Waals surface area contributed by atoms with Crippen molar-refractivity contribution in [3.05, 3.63) is 42.0 Å². The molecule has 162 valence electrons. The van der Waals surface area contributed by atoms with Crippen molar-refractivity contribution in [3.8, 4) is 34.5 Å². The molecule has 0 fully saturated rings. The van der Waals surface area contributed by atoms with Gasteiger partial charge in [0.15, 0.2) is 11.5 Å². The Labute approximate surface area is 183 Å². The van der Waals surface area contributed by atoms with E-state index >= 15 is 0 Å². The Bertz CT molecular complexity index is 1090. The maximum atomic E-state index is 12.5. The molecular weight excluding hydrogens is 422 g/mol. The van der Waals surface area contributed by atoms with Gasteiger partial charge in [0.1, 0.15) is 11.5 Å². The molecule has 1 aromatic heterocycles. The Balaban J connectivity index is 1.36. The molecule has 0 saturated heterocycles. The van der Waals surface area contributed by atoms with Gasteiger partial charge in [-0.05, 0) is 36.8 Å². The summed E-state index contributed by atoms with van der Waals surface area (Å²) in [5, 5.41) is 10.9. The molecule has 0 radical (unpaired) electrons. The highest BCUT2D eigenvalue weighted by atomic mass is 32.2. The summed E-state index contributed by atoms with van der Waals surface area (Å²) in [6.07, 6.45) is 0. The predicted molar refractivity (Wildman–Crippen MR) is 113 cm³/mol. The molecule has 1 atom stereocenters. The first-order valence-corrected chi connectivity index (χ1v) is 10.3. The second-order valence-corrected chi connectivity index (χ2v) is 7.90. The van der Waals surface area contributed by atoms with E-state index in [1.807, 2.05) is 18.2 Å². The fourth-order valence-corrected chi connectivity index (χ4v) is 3.64. The maximum absolute atomic E-state index is 12.5. The van der Waals surface area contributed by atoms with Crippen LogP contribution in [0.3, 0.4) is 0 Å². The molecule has 3 aromatic rings. The number of benzene rings is 2. The first kappa shape index (κ1) is 20.9. The Morgan fingerprint density at radius 2 is 1.97 bits per heavy atom. The zero-order chi connectivity index (χ0) is 21.8. The van der Waals surface area contributed by atoms with Crippen molar-refractivity contribution in [3.63, 3.8) is 0 Å². The highest BCUT2D eigenvalue weighted by Gasteiger charge is 2.20. The van der Waals surface area contributed by atoms with Crippen LogP contribution in [0, 0.1) is 0 Å². The fourth-order valence-electron chi connectivity index (χ4n) is 2.93. The van der Waals surface area contributed by atoms with Crippen LogP contribution in [0.15, 0.2) is 46.0 Å². The molecule has 1 aliphatic rings. The zero-order valence-corrected chi connectivity index (χ0v) is 18.0. The minimum Gasteiger partial charge on any atom is -0.497 e. The lowest BCUT2D eigenvalue weighted by molar-refractivity contribution is -0.120.